The lowest BCUT2D eigenvalue weighted by Gasteiger charge is -2.23. The second-order valence-corrected chi connectivity index (χ2v) is 4.65. The third kappa shape index (κ3) is 4.36. The first kappa shape index (κ1) is 14.0. The number of amides is 1. The van der Waals surface area contributed by atoms with Crippen LogP contribution in [-0.4, -0.2) is 30.4 Å². The molecule has 1 rings (SSSR count). The molecule has 1 aromatic carbocycles. The van der Waals surface area contributed by atoms with Gasteiger partial charge in [0.2, 0.25) is 5.91 Å². The van der Waals surface area contributed by atoms with E-state index >= 15 is 0 Å². The lowest BCUT2D eigenvalue weighted by atomic mass is 10.1. The summed E-state index contributed by atoms with van der Waals surface area (Å²) in [6.07, 6.45) is 1.24. The van der Waals surface area contributed by atoms with Gasteiger partial charge in [-0.05, 0) is 31.0 Å². The van der Waals surface area contributed by atoms with E-state index in [4.69, 9.17) is 17.3 Å². The van der Waals surface area contributed by atoms with E-state index in [0.29, 0.717) is 18.0 Å². The van der Waals surface area contributed by atoms with Crippen LogP contribution in [0.5, 0.6) is 0 Å². The minimum atomic E-state index is 0.0905. The number of aryl methyl sites for hydroxylation is 1. The van der Waals surface area contributed by atoms with E-state index in [9.17, 15) is 4.79 Å². The minimum Gasteiger partial charge on any atom is -0.342 e. The fraction of sp³-hybridized carbons (Fsp3) is 0.462. The summed E-state index contributed by atoms with van der Waals surface area (Å²) in [5, 5.41) is 0.717. The summed E-state index contributed by atoms with van der Waals surface area (Å²) in [4.78, 5) is 13.5. The van der Waals surface area contributed by atoms with Crippen LogP contribution >= 0.6 is 11.6 Å². The predicted octanol–water partition coefficient (Wildman–Crippen LogP) is 2.08. The molecule has 0 aromatic heterocycles. The van der Waals surface area contributed by atoms with Crippen molar-refractivity contribution in [3.05, 3.63) is 34.9 Å². The van der Waals surface area contributed by atoms with Crippen LogP contribution in [0.2, 0.25) is 5.02 Å². The summed E-state index contributed by atoms with van der Waals surface area (Å²) < 4.78 is 0. The van der Waals surface area contributed by atoms with Crippen molar-refractivity contribution in [2.45, 2.75) is 25.8 Å². The first-order chi connectivity index (χ1) is 8.04. The molecular weight excluding hydrogens is 236 g/mol. The Morgan fingerprint density at radius 3 is 2.53 bits per heavy atom. The van der Waals surface area contributed by atoms with Crippen LogP contribution in [-0.2, 0) is 11.2 Å². The third-order valence-electron chi connectivity index (χ3n) is 2.94. The molecule has 4 heteroatoms. The molecule has 2 N–H and O–H groups in total. The van der Waals surface area contributed by atoms with E-state index in [1.807, 2.05) is 31.2 Å². The quantitative estimate of drug-likeness (QED) is 0.875. The minimum absolute atomic E-state index is 0.0905. The monoisotopic (exact) mass is 254 g/mol. The van der Waals surface area contributed by atoms with Gasteiger partial charge in [0, 0.05) is 31.1 Å². The molecule has 1 aromatic rings. The zero-order valence-electron chi connectivity index (χ0n) is 10.3. The number of likely N-dealkylation sites (N-methyl/N-ethyl adjacent to an activating group) is 1. The number of nitrogens with zero attached hydrogens (tertiary/aromatic N) is 1. The van der Waals surface area contributed by atoms with Crippen molar-refractivity contribution in [2.24, 2.45) is 5.73 Å². The molecule has 0 aliphatic carbocycles. The van der Waals surface area contributed by atoms with Crippen molar-refractivity contribution in [1.82, 2.24) is 4.90 Å². The Labute approximate surface area is 108 Å². The van der Waals surface area contributed by atoms with Gasteiger partial charge >= 0.3 is 0 Å². The molecule has 1 atom stereocenters. The molecular formula is C13H19ClN2O. The maximum atomic E-state index is 11.8. The van der Waals surface area contributed by atoms with Gasteiger partial charge in [-0.15, -0.1) is 0 Å². The number of carbonyl (C=O) groups excluding carboxylic acids is 1. The smallest absolute Gasteiger partial charge is 0.222 e. The van der Waals surface area contributed by atoms with E-state index < -0.39 is 0 Å². The van der Waals surface area contributed by atoms with Gasteiger partial charge in [-0.2, -0.15) is 0 Å². The zero-order valence-corrected chi connectivity index (χ0v) is 11.1. The molecule has 94 valence electrons. The Hall–Kier alpha value is -1.06. The largest absolute Gasteiger partial charge is 0.342 e. The Kier molecular flexibility index (Phi) is 5.45. The Balaban J connectivity index is 2.45. The summed E-state index contributed by atoms with van der Waals surface area (Å²) in [6.45, 7) is 2.43. The lowest BCUT2D eigenvalue weighted by Crippen LogP contribution is -2.39. The van der Waals surface area contributed by atoms with Gasteiger partial charge in [0.05, 0.1) is 0 Å². The molecule has 0 radical (unpaired) electrons. The molecule has 0 aliphatic rings. The van der Waals surface area contributed by atoms with Gasteiger partial charge in [-0.3, -0.25) is 4.79 Å². The van der Waals surface area contributed by atoms with Crippen molar-refractivity contribution >= 4 is 17.5 Å². The van der Waals surface area contributed by atoms with Gasteiger partial charge in [0.1, 0.15) is 0 Å². The van der Waals surface area contributed by atoms with Gasteiger partial charge < -0.3 is 10.6 Å². The van der Waals surface area contributed by atoms with E-state index in [1.54, 1.807) is 11.9 Å². The predicted molar refractivity (Wildman–Crippen MR) is 71.1 cm³/mol. The van der Waals surface area contributed by atoms with Crippen molar-refractivity contribution in [3.63, 3.8) is 0 Å². The molecule has 17 heavy (non-hydrogen) atoms. The topological polar surface area (TPSA) is 46.3 Å². The summed E-state index contributed by atoms with van der Waals surface area (Å²) >= 11 is 5.80. The molecule has 0 fully saturated rings. The highest BCUT2D eigenvalue weighted by Crippen LogP contribution is 2.11. The second-order valence-electron chi connectivity index (χ2n) is 4.22. The van der Waals surface area contributed by atoms with Gasteiger partial charge in [0.15, 0.2) is 0 Å². The Morgan fingerprint density at radius 2 is 2.00 bits per heavy atom. The van der Waals surface area contributed by atoms with Crippen LogP contribution in [0.3, 0.4) is 0 Å². The van der Waals surface area contributed by atoms with Crippen LogP contribution in [0, 0.1) is 0 Å². The maximum Gasteiger partial charge on any atom is 0.222 e. The molecule has 0 aliphatic heterocycles. The number of hydrogen-bond donors (Lipinski definition) is 1. The van der Waals surface area contributed by atoms with Gasteiger partial charge in [0.25, 0.3) is 0 Å². The Bertz CT molecular complexity index is 364. The molecule has 0 bridgehead atoms. The summed E-state index contributed by atoms with van der Waals surface area (Å²) in [7, 11) is 1.79. The molecule has 3 nitrogen and oxygen atoms in total. The van der Waals surface area contributed by atoms with Crippen LogP contribution in [0.1, 0.15) is 18.9 Å². The molecule has 0 heterocycles. The van der Waals surface area contributed by atoms with Crippen LogP contribution < -0.4 is 5.73 Å². The lowest BCUT2D eigenvalue weighted by molar-refractivity contribution is -0.131. The first-order valence-corrected chi connectivity index (χ1v) is 6.12. The van der Waals surface area contributed by atoms with Gasteiger partial charge in [-0.1, -0.05) is 23.7 Å². The Morgan fingerprint density at radius 1 is 1.41 bits per heavy atom. The van der Waals surface area contributed by atoms with E-state index in [2.05, 4.69) is 0 Å². The van der Waals surface area contributed by atoms with E-state index in [1.165, 1.54) is 0 Å². The van der Waals surface area contributed by atoms with E-state index in [-0.39, 0.29) is 11.9 Å². The van der Waals surface area contributed by atoms with Crippen LogP contribution in [0.4, 0.5) is 0 Å². The van der Waals surface area contributed by atoms with Crippen LogP contribution in [0.25, 0.3) is 0 Å². The fourth-order valence-corrected chi connectivity index (χ4v) is 1.61. The normalized spacial score (nSPS) is 12.2. The zero-order chi connectivity index (χ0) is 12.8. The number of halogens is 1. The molecule has 0 saturated carbocycles. The average molecular weight is 255 g/mol. The van der Waals surface area contributed by atoms with Crippen molar-refractivity contribution < 1.29 is 4.79 Å². The van der Waals surface area contributed by atoms with Gasteiger partial charge in [-0.25, -0.2) is 0 Å². The SMILES string of the molecule is CC(CN)N(C)C(=O)CCc1ccc(Cl)cc1. The summed E-state index contributed by atoms with van der Waals surface area (Å²) in [5.41, 5.74) is 6.65. The second kappa shape index (κ2) is 6.62. The highest BCUT2D eigenvalue weighted by atomic mass is 35.5. The molecule has 1 unspecified atom stereocenters. The molecule has 0 saturated heterocycles. The van der Waals surface area contributed by atoms with Crippen molar-refractivity contribution in [2.75, 3.05) is 13.6 Å². The summed E-state index contributed by atoms with van der Waals surface area (Å²) in [5.74, 6) is 0.123. The molecule has 0 spiro atoms. The summed E-state index contributed by atoms with van der Waals surface area (Å²) in [6, 6.07) is 7.67. The number of carbonyl (C=O) groups is 1. The highest BCUT2D eigenvalue weighted by Gasteiger charge is 2.13. The van der Waals surface area contributed by atoms with Crippen molar-refractivity contribution in [3.8, 4) is 0 Å². The van der Waals surface area contributed by atoms with Crippen LogP contribution in [0.15, 0.2) is 24.3 Å². The fourth-order valence-electron chi connectivity index (χ4n) is 1.48. The first-order valence-electron chi connectivity index (χ1n) is 5.74. The van der Waals surface area contributed by atoms with Crippen molar-refractivity contribution in [1.29, 1.82) is 0 Å². The molecule has 1 amide bonds. The number of rotatable bonds is 5. The third-order valence-corrected chi connectivity index (χ3v) is 3.19. The standard InChI is InChI=1S/C13H19ClN2O/c1-10(9-15)16(2)13(17)8-5-11-3-6-12(14)7-4-11/h3-4,6-7,10H,5,8-9,15H2,1-2H3. The average Bonchev–Trinajstić information content (AvgIpc) is 2.35. The number of nitrogens with two attached hydrogens (primary N) is 1. The maximum absolute atomic E-state index is 11.8. The van der Waals surface area contributed by atoms with E-state index in [0.717, 1.165) is 12.0 Å². The number of hydrogen-bond acceptors (Lipinski definition) is 2. The number of benzene rings is 1. The highest BCUT2D eigenvalue weighted by molar-refractivity contribution is 6.30.